The maximum absolute atomic E-state index is 4.56. The molecular formula is C16H32IN5S. The number of likely N-dealkylation sites (N-methyl/N-ethyl adjacent to an activating group) is 1. The van der Waals surface area contributed by atoms with Gasteiger partial charge in [-0.2, -0.15) is 0 Å². The number of hydrogen-bond acceptors (Lipinski definition) is 4. The van der Waals surface area contributed by atoms with E-state index in [-0.39, 0.29) is 24.0 Å². The number of nitrogens with one attached hydrogen (secondary N) is 2. The summed E-state index contributed by atoms with van der Waals surface area (Å²) in [5.74, 6) is 0.863. The van der Waals surface area contributed by atoms with E-state index in [1.54, 1.807) is 11.3 Å². The van der Waals surface area contributed by atoms with Gasteiger partial charge < -0.3 is 15.5 Å². The minimum atomic E-state index is 0. The molecule has 23 heavy (non-hydrogen) atoms. The molecule has 2 N–H and O–H groups in total. The fourth-order valence-corrected chi connectivity index (χ4v) is 2.97. The third-order valence-corrected chi connectivity index (χ3v) is 5.16. The molecule has 0 radical (unpaired) electrons. The number of halogens is 1. The van der Waals surface area contributed by atoms with Crippen LogP contribution < -0.4 is 10.6 Å². The molecule has 7 heteroatoms. The Bertz CT molecular complexity index is 456. The number of aryl methyl sites for hydroxylation is 2. The summed E-state index contributed by atoms with van der Waals surface area (Å²) in [4.78, 5) is 12.5. The second-order valence-corrected chi connectivity index (χ2v) is 6.95. The number of guanidine groups is 1. The molecule has 0 bridgehead atoms. The molecule has 1 aromatic rings. The molecule has 0 spiro atoms. The van der Waals surface area contributed by atoms with Gasteiger partial charge in [-0.25, -0.2) is 4.98 Å². The quantitative estimate of drug-likeness (QED) is 0.361. The van der Waals surface area contributed by atoms with Crippen LogP contribution in [0.3, 0.4) is 0 Å². The lowest BCUT2D eigenvalue weighted by atomic mass is 10.2. The van der Waals surface area contributed by atoms with Gasteiger partial charge in [-0.05, 0) is 34.2 Å². The van der Waals surface area contributed by atoms with Crippen molar-refractivity contribution in [1.82, 2.24) is 20.5 Å². The Balaban J connectivity index is 0.00000484. The second kappa shape index (κ2) is 12.0. The van der Waals surface area contributed by atoms with Crippen molar-refractivity contribution in [3.05, 3.63) is 15.6 Å². The molecule has 0 aromatic carbocycles. The lowest BCUT2D eigenvalue weighted by Gasteiger charge is -2.23. The maximum Gasteiger partial charge on any atom is 0.191 e. The van der Waals surface area contributed by atoms with Crippen LogP contribution >= 0.6 is 35.3 Å². The summed E-state index contributed by atoms with van der Waals surface area (Å²) in [6.07, 6.45) is 2.11. The van der Waals surface area contributed by atoms with Gasteiger partial charge in [0.05, 0.1) is 10.7 Å². The van der Waals surface area contributed by atoms with Gasteiger partial charge >= 0.3 is 0 Å². The Labute approximate surface area is 162 Å². The number of aliphatic imine (C=N–C) groups is 1. The first-order valence-corrected chi connectivity index (χ1v) is 8.87. The first kappa shape index (κ1) is 22.6. The van der Waals surface area contributed by atoms with Crippen LogP contribution in [0.4, 0.5) is 0 Å². The van der Waals surface area contributed by atoms with Crippen LogP contribution in [0.15, 0.2) is 4.99 Å². The zero-order valence-electron chi connectivity index (χ0n) is 15.3. The van der Waals surface area contributed by atoms with Gasteiger partial charge in [-0.15, -0.1) is 35.3 Å². The predicted octanol–water partition coefficient (Wildman–Crippen LogP) is 2.82. The summed E-state index contributed by atoms with van der Waals surface area (Å²) in [7, 11) is 3.98. The molecule has 0 saturated heterocycles. The number of aromatic nitrogens is 1. The molecule has 1 atom stereocenters. The van der Waals surface area contributed by atoms with Crippen molar-refractivity contribution in [1.29, 1.82) is 0 Å². The zero-order chi connectivity index (χ0) is 16.5. The highest BCUT2D eigenvalue weighted by Gasteiger charge is 2.07. The van der Waals surface area contributed by atoms with Gasteiger partial charge in [-0.3, -0.25) is 4.99 Å². The average Bonchev–Trinajstić information content (AvgIpc) is 2.82. The van der Waals surface area contributed by atoms with E-state index in [2.05, 4.69) is 60.3 Å². The third kappa shape index (κ3) is 8.30. The molecule has 134 valence electrons. The Hall–Kier alpha value is -0.410. The number of nitrogens with zero attached hydrogens (tertiary/aromatic N) is 3. The molecule has 1 rings (SSSR count). The molecule has 1 heterocycles. The summed E-state index contributed by atoms with van der Waals surface area (Å²) in [6.45, 7) is 11.4. The second-order valence-electron chi connectivity index (χ2n) is 5.66. The third-order valence-electron chi connectivity index (χ3n) is 4.03. The van der Waals surface area contributed by atoms with E-state index in [4.69, 9.17) is 0 Å². The van der Waals surface area contributed by atoms with Crippen LogP contribution in [0.1, 0.15) is 35.8 Å². The van der Waals surface area contributed by atoms with Crippen molar-refractivity contribution in [3.63, 3.8) is 0 Å². The average molecular weight is 453 g/mol. The lowest BCUT2D eigenvalue weighted by molar-refractivity contribution is 0.255. The van der Waals surface area contributed by atoms with Crippen molar-refractivity contribution in [3.8, 4) is 0 Å². The molecule has 1 unspecified atom stereocenters. The van der Waals surface area contributed by atoms with Gasteiger partial charge in [0.2, 0.25) is 0 Å². The molecule has 0 amide bonds. The Morgan fingerprint density at radius 3 is 2.48 bits per heavy atom. The normalized spacial score (nSPS) is 12.9. The molecule has 0 fully saturated rings. The van der Waals surface area contributed by atoms with Gasteiger partial charge in [0.15, 0.2) is 5.96 Å². The van der Waals surface area contributed by atoms with Crippen LogP contribution in [0.5, 0.6) is 0 Å². The minimum absolute atomic E-state index is 0. The SMILES string of the molecule is CCC(C)N(C)CCNC(=NC)NCCc1nc(C)c(C)s1.I. The van der Waals surface area contributed by atoms with Crippen molar-refractivity contribution in [2.75, 3.05) is 33.7 Å². The van der Waals surface area contributed by atoms with Crippen LogP contribution in [0, 0.1) is 13.8 Å². The number of rotatable bonds is 8. The van der Waals surface area contributed by atoms with Gasteiger partial charge in [0.25, 0.3) is 0 Å². The summed E-state index contributed by atoms with van der Waals surface area (Å²) in [6, 6.07) is 0.619. The fraction of sp³-hybridized carbons (Fsp3) is 0.750. The molecule has 0 aliphatic carbocycles. The number of thiazole rings is 1. The largest absolute Gasteiger partial charge is 0.356 e. The first-order valence-electron chi connectivity index (χ1n) is 8.05. The monoisotopic (exact) mass is 453 g/mol. The van der Waals surface area contributed by atoms with Crippen LogP contribution in [0.25, 0.3) is 0 Å². The van der Waals surface area contributed by atoms with E-state index in [9.17, 15) is 0 Å². The van der Waals surface area contributed by atoms with Gasteiger partial charge in [0.1, 0.15) is 0 Å². The molecule has 5 nitrogen and oxygen atoms in total. The van der Waals surface area contributed by atoms with E-state index in [1.165, 1.54) is 16.3 Å². The summed E-state index contributed by atoms with van der Waals surface area (Å²) < 4.78 is 0. The highest BCUT2D eigenvalue weighted by Crippen LogP contribution is 2.16. The fourth-order valence-electron chi connectivity index (χ4n) is 2.04. The molecule has 0 saturated carbocycles. The Kier molecular flexibility index (Phi) is 11.8. The highest BCUT2D eigenvalue weighted by atomic mass is 127. The summed E-state index contributed by atoms with van der Waals surface area (Å²) in [5, 5.41) is 7.90. The van der Waals surface area contributed by atoms with Crippen molar-refractivity contribution >= 4 is 41.3 Å². The van der Waals surface area contributed by atoms with Crippen LogP contribution in [-0.4, -0.2) is 55.6 Å². The number of hydrogen-bond donors (Lipinski definition) is 2. The van der Waals surface area contributed by atoms with E-state index >= 15 is 0 Å². The topological polar surface area (TPSA) is 52.5 Å². The summed E-state index contributed by atoms with van der Waals surface area (Å²) in [5.41, 5.74) is 1.15. The molecule has 0 aliphatic rings. The zero-order valence-corrected chi connectivity index (χ0v) is 18.4. The van der Waals surface area contributed by atoms with E-state index in [0.29, 0.717) is 6.04 Å². The van der Waals surface area contributed by atoms with Gasteiger partial charge in [-0.1, -0.05) is 6.92 Å². The predicted molar refractivity (Wildman–Crippen MR) is 112 cm³/mol. The summed E-state index contributed by atoms with van der Waals surface area (Å²) >= 11 is 1.78. The minimum Gasteiger partial charge on any atom is -0.356 e. The van der Waals surface area contributed by atoms with E-state index in [0.717, 1.165) is 37.7 Å². The standard InChI is InChI=1S/C16H31N5S.HI/c1-7-12(2)21(6)11-10-19-16(17-5)18-9-8-15-20-13(3)14(4)22-15;/h12H,7-11H2,1-6H3,(H2,17,18,19);1H. The van der Waals surface area contributed by atoms with Crippen molar-refractivity contribution in [2.45, 2.75) is 46.6 Å². The highest BCUT2D eigenvalue weighted by molar-refractivity contribution is 14.0. The van der Waals surface area contributed by atoms with Gasteiger partial charge in [0, 0.05) is 44.0 Å². The molecule has 0 aliphatic heterocycles. The van der Waals surface area contributed by atoms with E-state index < -0.39 is 0 Å². The lowest BCUT2D eigenvalue weighted by Crippen LogP contribution is -2.42. The Morgan fingerprint density at radius 2 is 1.96 bits per heavy atom. The molecule has 1 aromatic heterocycles. The van der Waals surface area contributed by atoms with Crippen LogP contribution in [0.2, 0.25) is 0 Å². The smallest absolute Gasteiger partial charge is 0.191 e. The van der Waals surface area contributed by atoms with Crippen molar-refractivity contribution in [2.24, 2.45) is 4.99 Å². The molecular weight excluding hydrogens is 421 g/mol. The maximum atomic E-state index is 4.56. The van der Waals surface area contributed by atoms with E-state index in [1.807, 2.05) is 7.05 Å². The van der Waals surface area contributed by atoms with Crippen LogP contribution in [-0.2, 0) is 6.42 Å². The Morgan fingerprint density at radius 1 is 1.30 bits per heavy atom. The first-order chi connectivity index (χ1) is 10.5. The van der Waals surface area contributed by atoms with Crippen molar-refractivity contribution < 1.29 is 0 Å².